The molecule has 0 aliphatic carbocycles. The van der Waals surface area contributed by atoms with Crippen LogP contribution in [0.5, 0.6) is 0 Å². The predicted molar refractivity (Wildman–Crippen MR) is 128 cm³/mol. The molecule has 1 N–H and O–H groups in total. The summed E-state index contributed by atoms with van der Waals surface area (Å²) in [5.41, 5.74) is 2.21. The fourth-order valence-corrected chi connectivity index (χ4v) is 4.61. The average molecular weight is 481 g/mol. The van der Waals surface area contributed by atoms with Crippen LogP contribution in [0, 0.1) is 0 Å². The first-order valence-corrected chi connectivity index (χ1v) is 11.6. The molecule has 3 aromatic rings. The largest absolute Gasteiger partial charge is 0.462 e. The minimum absolute atomic E-state index is 0.194. The first-order chi connectivity index (χ1) is 16.0. The van der Waals surface area contributed by atoms with E-state index in [0.717, 1.165) is 15.4 Å². The molecule has 1 aliphatic heterocycles. The Bertz CT molecular complexity index is 1210. The van der Waals surface area contributed by atoms with E-state index in [-0.39, 0.29) is 25.0 Å². The van der Waals surface area contributed by atoms with Gasteiger partial charge in [0.15, 0.2) is 0 Å². The number of fused-ring (bicyclic) bond motifs is 2. The molecule has 3 aromatic carbocycles. The molecule has 0 radical (unpaired) electrons. The van der Waals surface area contributed by atoms with E-state index in [4.69, 9.17) is 16.3 Å². The first kappa shape index (κ1) is 22.9. The van der Waals surface area contributed by atoms with Gasteiger partial charge in [0.25, 0.3) is 5.91 Å². The number of nitrogens with zero attached hydrogens (tertiary/aromatic N) is 1. The molecule has 0 atom stereocenters. The van der Waals surface area contributed by atoms with Gasteiger partial charge in [-0.1, -0.05) is 47.6 Å². The van der Waals surface area contributed by atoms with Gasteiger partial charge in [0, 0.05) is 21.4 Å². The van der Waals surface area contributed by atoms with Gasteiger partial charge in [0.1, 0.15) is 6.54 Å². The van der Waals surface area contributed by atoms with E-state index in [1.54, 1.807) is 49.4 Å². The van der Waals surface area contributed by atoms with Crippen molar-refractivity contribution in [1.29, 1.82) is 0 Å². The average Bonchev–Trinajstić information content (AvgIpc) is 2.93. The van der Waals surface area contributed by atoms with E-state index in [2.05, 4.69) is 5.32 Å². The number of esters is 1. The van der Waals surface area contributed by atoms with Crippen LogP contribution in [0.25, 0.3) is 0 Å². The molecule has 168 valence electrons. The maximum Gasteiger partial charge on any atom is 0.338 e. The van der Waals surface area contributed by atoms with Crippen molar-refractivity contribution in [3.8, 4) is 0 Å². The number of hydrogen-bond donors (Lipinski definition) is 1. The lowest BCUT2D eigenvalue weighted by Crippen LogP contribution is -2.40. The number of hydrogen-bond acceptors (Lipinski definition) is 5. The summed E-state index contributed by atoms with van der Waals surface area (Å²) in [6.07, 6.45) is 0. The van der Waals surface area contributed by atoms with E-state index < -0.39 is 5.97 Å². The number of amides is 2. The second kappa shape index (κ2) is 10.1. The van der Waals surface area contributed by atoms with Gasteiger partial charge in [0.2, 0.25) is 5.91 Å². The highest BCUT2D eigenvalue weighted by atomic mass is 35.5. The summed E-state index contributed by atoms with van der Waals surface area (Å²) in [4.78, 5) is 41.6. The van der Waals surface area contributed by atoms with Gasteiger partial charge in [-0.3, -0.25) is 14.5 Å². The Kier molecular flexibility index (Phi) is 7.01. The lowest BCUT2D eigenvalue weighted by atomic mass is 10.1. The summed E-state index contributed by atoms with van der Waals surface area (Å²) >= 11 is 7.34. The van der Waals surface area contributed by atoms with Crippen molar-refractivity contribution >= 4 is 46.8 Å². The quantitative estimate of drug-likeness (QED) is 0.505. The van der Waals surface area contributed by atoms with Crippen LogP contribution in [0.15, 0.2) is 76.5 Å². The normalized spacial score (nSPS) is 12.4. The monoisotopic (exact) mass is 480 g/mol. The van der Waals surface area contributed by atoms with E-state index in [9.17, 15) is 14.4 Å². The molecule has 0 saturated carbocycles. The van der Waals surface area contributed by atoms with Gasteiger partial charge in [-0.25, -0.2) is 4.79 Å². The SMILES string of the molecule is CCOC(=O)c1ccc2c(c1)N(CC(=O)NCc1ccc(Cl)cc1)C(=O)c1ccccc1S2. The molecule has 4 rings (SSSR count). The number of anilines is 1. The van der Waals surface area contributed by atoms with Crippen LogP contribution in [0.2, 0.25) is 5.02 Å². The zero-order valence-corrected chi connectivity index (χ0v) is 19.4. The number of carbonyl (C=O) groups is 3. The molecule has 0 bridgehead atoms. The van der Waals surface area contributed by atoms with Crippen LogP contribution in [0.4, 0.5) is 5.69 Å². The summed E-state index contributed by atoms with van der Waals surface area (Å²) in [5, 5.41) is 3.46. The molecule has 8 heteroatoms. The summed E-state index contributed by atoms with van der Waals surface area (Å²) in [7, 11) is 0. The van der Waals surface area contributed by atoms with Gasteiger partial charge >= 0.3 is 5.97 Å². The number of rotatable bonds is 6. The summed E-state index contributed by atoms with van der Waals surface area (Å²) in [6.45, 7) is 2.08. The van der Waals surface area contributed by atoms with Gasteiger partial charge in [0.05, 0.1) is 23.4 Å². The number of carbonyl (C=O) groups excluding carboxylic acids is 3. The standard InChI is InChI=1S/C25H21ClN2O4S/c1-2-32-25(31)17-9-12-22-20(13-17)28(24(30)19-5-3-4-6-21(19)33-22)15-23(29)27-14-16-7-10-18(26)11-8-16/h3-13H,2,14-15H2,1H3,(H,27,29). The van der Waals surface area contributed by atoms with Crippen molar-refractivity contribution in [2.45, 2.75) is 23.3 Å². The molecule has 1 aliphatic rings. The van der Waals surface area contributed by atoms with Crippen molar-refractivity contribution in [3.63, 3.8) is 0 Å². The Balaban J connectivity index is 1.63. The molecular weight excluding hydrogens is 460 g/mol. The Morgan fingerprint density at radius 2 is 1.79 bits per heavy atom. The summed E-state index contributed by atoms with van der Waals surface area (Å²) < 4.78 is 5.11. The van der Waals surface area contributed by atoms with E-state index in [0.29, 0.717) is 28.4 Å². The van der Waals surface area contributed by atoms with Crippen LogP contribution in [0.3, 0.4) is 0 Å². The lowest BCUT2D eigenvalue weighted by molar-refractivity contribution is -0.119. The molecule has 0 fully saturated rings. The Morgan fingerprint density at radius 3 is 2.55 bits per heavy atom. The molecule has 0 unspecified atom stereocenters. The molecule has 0 saturated heterocycles. The van der Waals surface area contributed by atoms with Crippen molar-refractivity contribution in [2.75, 3.05) is 18.1 Å². The van der Waals surface area contributed by atoms with Gasteiger partial charge in [-0.2, -0.15) is 0 Å². The van der Waals surface area contributed by atoms with Crippen molar-refractivity contribution < 1.29 is 19.1 Å². The zero-order valence-electron chi connectivity index (χ0n) is 17.8. The Hall–Kier alpha value is -3.29. The van der Waals surface area contributed by atoms with Crippen LogP contribution in [-0.4, -0.2) is 30.9 Å². The first-order valence-electron chi connectivity index (χ1n) is 10.4. The second-order valence-electron chi connectivity index (χ2n) is 7.30. The fourth-order valence-electron chi connectivity index (χ4n) is 3.42. The second-order valence-corrected chi connectivity index (χ2v) is 8.82. The molecule has 0 spiro atoms. The fraction of sp³-hybridized carbons (Fsp3) is 0.160. The minimum atomic E-state index is -0.480. The van der Waals surface area contributed by atoms with Crippen molar-refractivity contribution in [1.82, 2.24) is 5.32 Å². The van der Waals surface area contributed by atoms with Crippen LogP contribution >= 0.6 is 23.4 Å². The smallest absolute Gasteiger partial charge is 0.338 e. The highest BCUT2D eigenvalue weighted by Crippen LogP contribution is 2.41. The highest BCUT2D eigenvalue weighted by Gasteiger charge is 2.29. The number of ether oxygens (including phenoxy) is 1. The van der Waals surface area contributed by atoms with E-state index in [1.165, 1.54) is 16.7 Å². The number of nitrogens with one attached hydrogen (secondary N) is 1. The number of halogens is 1. The van der Waals surface area contributed by atoms with Crippen LogP contribution in [0.1, 0.15) is 33.2 Å². The van der Waals surface area contributed by atoms with Gasteiger partial charge in [-0.05, 0) is 55.0 Å². The maximum atomic E-state index is 13.5. The Morgan fingerprint density at radius 1 is 1.03 bits per heavy atom. The van der Waals surface area contributed by atoms with Crippen LogP contribution in [-0.2, 0) is 16.1 Å². The molecule has 0 aromatic heterocycles. The van der Waals surface area contributed by atoms with Gasteiger partial charge in [-0.15, -0.1) is 0 Å². The van der Waals surface area contributed by atoms with Crippen LogP contribution < -0.4 is 10.2 Å². The van der Waals surface area contributed by atoms with Crippen molar-refractivity contribution in [3.05, 3.63) is 88.4 Å². The molecule has 1 heterocycles. The van der Waals surface area contributed by atoms with Gasteiger partial charge < -0.3 is 10.1 Å². The molecule has 2 amide bonds. The predicted octanol–water partition coefficient (Wildman–Crippen LogP) is 4.94. The third-order valence-corrected chi connectivity index (χ3v) is 6.44. The lowest BCUT2D eigenvalue weighted by Gasteiger charge is -2.23. The number of benzene rings is 3. The topological polar surface area (TPSA) is 75.7 Å². The van der Waals surface area contributed by atoms with E-state index >= 15 is 0 Å². The molecule has 6 nitrogen and oxygen atoms in total. The molecule has 33 heavy (non-hydrogen) atoms. The maximum absolute atomic E-state index is 13.5. The minimum Gasteiger partial charge on any atom is -0.462 e. The summed E-state index contributed by atoms with van der Waals surface area (Å²) in [5.74, 6) is -1.11. The van der Waals surface area contributed by atoms with E-state index in [1.807, 2.05) is 24.3 Å². The molecular formula is C25H21ClN2O4S. The zero-order chi connectivity index (χ0) is 23.4. The highest BCUT2D eigenvalue weighted by molar-refractivity contribution is 7.99. The summed E-state index contributed by atoms with van der Waals surface area (Å²) in [6, 6.07) is 19.5. The van der Waals surface area contributed by atoms with Crippen molar-refractivity contribution in [2.24, 2.45) is 0 Å². The third-order valence-electron chi connectivity index (χ3n) is 5.05. The Labute approximate surface area is 200 Å². The third kappa shape index (κ3) is 5.21.